The van der Waals surface area contributed by atoms with Gasteiger partial charge in [-0.3, -0.25) is 14.6 Å². The number of nitrogens with zero attached hydrogens (tertiary/aromatic N) is 1. The third-order valence-electron chi connectivity index (χ3n) is 7.25. The number of ketones is 1. The third kappa shape index (κ3) is 6.48. The van der Waals surface area contributed by atoms with Crippen LogP contribution in [0.4, 0.5) is 4.39 Å². The standard InChI is InChI=1S/C34H33FN2O2/c1-22(21-32(39)36-23(2)24-8-4-3-5-9-24)20-28(38)18-19-30-33(25-14-16-27(35)17-15-25)29-10-6-7-11-31(29)37-34(30)26-12-13-26/h3-11,14-19,22-23,26H,12-13,20-21H2,1-2H3,(H,36,39)/b19-18+/t22-,23+/m1/s1. The Kier molecular flexibility index (Phi) is 7.97. The molecule has 1 aliphatic carbocycles. The zero-order valence-electron chi connectivity index (χ0n) is 22.4. The van der Waals surface area contributed by atoms with Gasteiger partial charge >= 0.3 is 0 Å². The Balaban J connectivity index is 1.35. The van der Waals surface area contributed by atoms with Crippen LogP contribution in [0, 0.1) is 11.7 Å². The van der Waals surface area contributed by atoms with Crippen LogP contribution in [0.2, 0.25) is 0 Å². The van der Waals surface area contributed by atoms with Crippen LogP contribution in [0.15, 0.2) is 84.9 Å². The molecular formula is C34H33FN2O2. The van der Waals surface area contributed by atoms with Gasteiger partial charge in [-0.1, -0.05) is 67.6 Å². The second kappa shape index (κ2) is 11.7. The molecule has 5 rings (SSSR count). The van der Waals surface area contributed by atoms with Crippen molar-refractivity contribution >= 4 is 28.7 Å². The van der Waals surface area contributed by atoms with Crippen LogP contribution in [-0.2, 0) is 9.59 Å². The lowest BCUT2D eigenvalue weighted by Gasteiger charge is -2.16. The molecule has 0 spiro atoms. The Labute approximate surface area is 229 Å². The molecule has 4 nitrogen and oxygen atoms in total. The number of aromatic nitrogens is 1. The molecule has 0 unspecified atom stereocenters. The highest BCUT2D eigenvalue weighted by molar-refractivity contribution is 6.02. The Morgan fingerprint density at radius 2 is 1.64 bits per heavy atom. The van der Waals surface area contributed by atoms with E-state index in [9.17, 15) is 14.0 Å². The second-order valence-corrected chi connectivity index (χ2v) is 10.6. The van der Waals surface area contributed by atoms with Crippen LogP contribution in [0.1, 0.15) is 68.3 Å². The predicted molar refractivity (Wildman–Crippen MR) is 155 cm³/mol. The van der Waals surface area contributed by atoms with Crippen LogP contribution < -0.4 is 5.32 Å². The molecule has 3 aromatic carbocycles. The summed E-state index contributed by atoms with van der Waals surface area (Å²) in [5.74, 6) is -0.129. The molecule has 1 saturated carbocycles. The number of halogens is 1. The van der Waals surface area contributed by atoms with Gasteiger partial charge in [-0.2, -0.15) is 0 Å². The predicted octanol–water partition coefficient (Wildman–Crippen LogP) is 7.79. The molecule has 4 aromatic rings. The molecular weight excluding hydrogens is 487 g/mol. The largest absolute Gasteiger partial charge is 0.350 e. The van der Waals surface area contributed by atoms with E-state index in [4.69, 9.17) is 4.98 Å². The zero-order chi connectivity index (χ0) is 27.4. The van der Waals surface area contributed by atoms with Gasteiger partial charge in [0.25, 0.3) is 0 Å². The zero-order valence-corrected chi connectivity index (χ0v) is 22.4. The molecule has 198 valence electrons. The molecule has 1 N–H and O–H groups in total. The van der Waals surface area contributed by atoms with E-state index in [0.29, 0.717) is 5.92 Å². The quantitative estimate of drug-likeness (QED) is 0.217. The number of nitrogens with one attached hydrogen (secondary N) is 1. The lowest BCUT2D eigenvalue weighted by atomic mass is 9.92. The number of carbonyl (C=O) groups excluding carboxylic acids is 2. The summed E-state index contributed by atoms with van der Waals surface area (Å²) in [5, 5.41) is 4.00. The van der Waals surface area contributed by atoms with Crippen LogP contribution in [-0.4, -0.2) is 16.7 Å². The van der Waals surface area contributed by atoms with Gasteiger partial charge in [0, 0.05) is 35.3 Å². The summed E-state index contributed by atoms with van der Waals surface area (Å²) in [7, 11) is 0. The molecule has 1 aromatic heterocycles. The van der Waals surface area contributed by atoms with Gasteiger partial charge in [-0.05, 0) is 67.2 Å². The van der Waals surface area contributed by atoms with Gasteiger partial charge in [0.1, 0.15) is 5.82 Å². The Morgan fingerprint density at radius 1 is 0.949 bits per heavy atom. The van der Waals surface area contributed by atoms with Gasteiger partial charge < -0.3 is 5.32 Å². The van der Waals surface area contributed by atoms with Crippen molar-refractivity contribution in [3.63, 3.8) is 0 Å². The smallest absolute Gasteiger partial charge is 0.220 e. The fourth-order valence-electron chi connectivity index (χ4n) is 5.11. The normalized spacial score (nSPS) is 14.8. The first-order valence-electron chi connectivity index (χ1n) is 13.6. The first kappa shape index (κ1) is 26.5. The van der Waals surface area contributed by atoms with Gasteiger partial charge in [-0.15, -0.1) is 0 Å². The number of benzene rings is 3. The van der Waals surface area contributed by atoms with Crippen LogP contribution in [0.5, 0.6) is 0 Å². The van der Waals surface area contributed by atoms with E-state index in [0.717, 1.165) is 51.7 Å². The molecule has 1 aliphatic rings. The molecule has 0 aliphatic heterocycles. The number of amides is 1. The number of pyridine rings is 1. The summed E-state index contributed by atoms with van der Waals surface area (Å²) in [4.78, 5) is 30.6. The van der Waals surface area contributed by atoms with Crippen molar-refractivity contribution < 1.29 is 14.0 Å². The first-order valence-corrected chi connectivity index (χ1v) is 13.6. The number of fused-ring (bicyclic) bond motifs is 1. The second-order valence-electron chi connectivity index (χ2n) is 10.6. The van der Waals surface area contributed by atoms with Gasteiger partial charge in [0.05, 0.1) is 17.3 Å². The van der Waals surface area contributed by atoms with Crippen molar-refractivity contribution in [3.05, 3.63) is 108 Å². The SMILES string of the molecule is C[C@H](CC(=O)/C=C/c1c(C2CC2)nc2ccccc2c1-c1ccc(F)cc1)CC(=O)N[C@@H](C)c1ccccc1. The summed E-state index contributed by atoms with van der Waals surface area (Å²) in [6.07, 6.45) is 6.18. The molecule has 5 heteroatoms. The van der Waals surface area contributed by atoms with Crippen molar-refractivity contribution in [1.29, 1.82) is 0 Å². The van der Waals surface area contributed by atoms with Crippen molar-refractivity contribution in [2.24, 2.45) is 5.92 Å². The molecule has 0 saturated heterocycles. The van der Waals surface area contributed by atoms with Crippen LogP contribution in [0.3, 0.4) is 0 Å². The topological polar surface area (TPSA) is 59.1 Å². The van der Waals surface area contributed by atoms with Crippen molar-refractivity contribution in [1.82, 2.24) is 10.3 Å². The minimum Gasteiger partial charge on any atom is -0.350 e. The maximum absolute atomic E-state index is 13.8. The average molecular weight is 521 g/mol. The van der Waals surface area contributed by atoms with E-state index >= 15 is 0 Å². The Bertz CT molecular complexity index is 1510. The summed E-state index contributed by atoms with van der Waals surface area (Å²) in [6.45, 7) is 3.88. The van der Waals surface area contributed by atoms with Crippen LogP contribution in [0.25, 0.3) is 28.1 Å². The number of carbonyl (C=O) groups is 2. The number of allylic oxidation sites excluding steroid dienone is 1. The highest BCUT2D eigenvalue weighted by atomic mass is 19.1. The summed E-state index contributed by atoms with van der Waals surface area (Å²) in [5.41, 5.74) is 5.70. The molecule has 2 atom stereocenters. The van der Waals surface area contributed by atoms with E-state index in [1.165, 1.54) is 12.1 Å². The highest BCUT2D eigenvalue weighted by Gasteiger charge is 2.29. The lowest BCUT2D eigenvalue weighted by Crippen LogP contribution is -2.28. The minimum absolute atomic E-state index is 0.0358. The lowest BCUT2D eigenvalue weighted by molar-refractivity contribution is -0.122. The Hall–Kier alpha value is -4.12. The van der Waals surface area contributed by atoms with Crippen molar-refractivity contribution in [2.75, 3.05) is 0 Å². The number of para-hydroxylation sites is 1. The van der Waals surface area contributed by atoms with E-state index in [1.807, 2.05) is 74.5 Å². The number of rotatable bonds is 10. The molecule has 1 fully saturated rings. The monoisotopic (exact) mass is 520 g/mol. The van der Waals surface area contributed by atoms with Gasteiger partial charge in [0.15, 0.2) is 5.78 Å². The first-order chi connectivity index (χ1) is 18.9. The fourth-order valence-corrected chi connectivity index (χ4v) is 5.11. The fraction of sp³-hybridized carbons (Fsp3) is 0.265. The molecule has 1 amide bonds. The van der Waals surface area contributed by atoms with E-state index < -0.39 is 0 Å². The van der Waals surface area contributed by atoms with Crippen molar-refractivity contribution in [2.45, 2.75) is 51.5 Å². The van der Waals surface area contributed by atoms with E-state index in [-0.39, 0.29) is 42.3 Å². The van der Waals surface area contributed by atoms with E-state index in [1.54, 1.807) is 18.2 Å². The Morgan fingerprint density at radius 3 is 2.36 bits per heavy atom. The van der Waals surface area contributed by atoms with Crippen LogP contribution >= 0.6 is 0 Å². The maximum atomic E-state index is 13.8. The third-order valence-corrected chi connectivity index (χ3v) is 7.25. The maximum Gasteiger partial charge on any atom is 0.220 e. The number of hydrogen-bond donors (Lipinski definition) is 1. The summed E-state index contributed by atoms with van der Waals surface area (Å²) in [6, 6.07) is 24.2. The molecule has 0 radical (unpaired) electrons. The minimum atomic E-state index is -0.289. The van der Waals surface area contributed by atoms with Gasteiger partial charge in [0.2, 0.25) is 5.91 Å². The summed E-state index contributed by atoms with van der Waals surface area (Å²) < 4.78 is 13.8. The molecule has 0 bridgehead atoms. The van der Waals surface area contributed by atoms with Gasteiger partial charge in [-0.25, -0.2) is 4.39 Å². The highest BCUT2D eigenvalue weighted by Crippen LogP contribution is 2.45. The van der Waals surface area contributed by atoms with Crippen molar-refractivity contribution in [3.8, 4) is 11.1 Å². The molecule has 1 heterocycles. The molecule has 39 heavy (non-hydrogen) atoms. The summed E-state index contributed by atoms with van der Waals surface area (Å²) >= 11 is 0. The van der Waals surface area contributed by atoms with E-state index in [2.05, 4.69) is 5.32 Å². The average Bonchev–Trinajstić information content (AvgIpc) is 3.77. The number of hydrogen-bond acceptors (Lipinski definition) is 3.